The fourth-order valence-corrected chi connectivity index (χ4v) is 9.11. The fourth-order valence-electron chi connectivity index (χ4n) is 9.11. The summed E-state index contributed by atoms with van der Waals surface area (Å²) in [6.45, 7) is 13.6. The Balaban J connectivity index is 5.04. The lowest BCUT2D eigenvalue weighted by Gasteiger charge is -2.26. The number of hydrogen-bond acceptors (Lipinski definition) is 7. The van der Waals surface area contributed by atoms with E-state index in [0.717, 1.165) is 193 Å². The second kappa shape index (κ2) is 50.3. The Hall–Kier alpha value is -2.09. The predicted molar refractivity (Wildman–Crippen MR) is 287 cm³/mol. The maximum atomic E-state index is 13.8. The highest BCUT2D eigenvalue weighted by Gasteiger charge is 2.21. The van der Waals surface area contributed by atoms with Crippen molar-refractivity contribution in [1.82, 2.24) is 9.80 Å². The first kappa shape index (κ1) is 64.9. The summed E-state index contributed by atoms with van der Waals surface area (Å²) in [4.78, 5) is 43.5. The molecule has 0 saturated heterocycles. The molecule has 0 N–H and O–H groups in total. The minimum absolute atomic E-state index is 0.00488. The van der Waals surface area contributed by atoms with Crippen LogP contribution in [0.15, 0.2) is 12.2 Å². The minimum atomic E-state index is -0.139. The number of carbonyl (C=O) groups is 3. The highest BCUT2D eigenvalue weighted by atomic mass is 16.6. The molecular formula is C59H114N2O6. The largest absolute Gasteiger partial charge is 0.462 e. The topological polar surface area (TPSA) is 85.4 Å². The number of nitrogens with zero attached hydrogens (tertiary/aromatic N) is 2. The van der Waals surface area contributed by atoms with Gasteiger partial charge in [-0.1, -0.05) is 175 Å². The average molecular weight is 948 g/mol. The third-order valence-corrected chi connectivity index (χ3v) is 13.4. The van der Waals surface area contributed by atoms with Gasteiger partial charge in [-0.2, -0.15) is 0 Å². The summed E-state index contributed by atoms with van der Waals surface area (Å²) < 4.78 is 18.4. The van der Waals surface area contributed by atoms with Crippen LogP contribution in [-0.4, -0.2) is 79.9 Å². The minimum Gasteiger partial charge on any atom is -0.462 e. The van der Waals surface area contributed by atoms with Gasteiger partial charge >= 0.3 is 18.0 Å². The molecule has 1 amide bonds. The third kappa shape index (κ3) is 44.8. The van der Waals surface area contributed by atoms with Crippen molar-refractivity contribution in [1.29, 1.82) is 0 Å². The van der Waals surface area contributed by atoms with Crippen LogP contribution in [-0.2, 0) is 23.8 Å². The fraction of sp³-hybridized carbons (Fsp3) is 0.915. The van der Waals surface area contributed by atoms with Gasteiger partial charge in [0.1, 0.15) is 18.3 Å². The van der Waals surface area contributed by atoms with Gasteiger partial charge in [-0.25, -0.2) is 4.79 Å². The number of allylic oxidation sites excluding steroid dienone is 2. The smallest absolute Gasteiger partial charge is 0.410 e. The van der Waals surface area contributed by atoms with Gasteiger partial charge in [0.25, 0.3) is 0 Å². The molecule has 0 spiro atoms. The summed E-state index contributed by atoms with van der Waals surface area (Å²) in [6, 6.07) is 0. The van der Waals surface area contributed by atoms with Gasteiger partial charge in [-0.3, -0.25) is 9.59 Å². The Labute approximate surface area is 417 Å². The van der Waals surface area contributed by atoms with Gasteiger partial charge in [-0.05, 0) is 143 Å². The van der Waals surface area contributed by atoms with Gasteiger partial charge in [0.05, 0.1) is 0 Å². The first-order valence-corrected chi connectivity index (χ1v) is 29.3. The van der Waals surface area contributed by atoms with Gasteiger partial charge in [-0.15, -0.1) is 0 Å². The Morgan fingerprint density at radius 2 is 0.716 bits per heavy atom. The SMILES string of the molecule is CC/C=C\CCCCN(CCCN(C)C)C(=O)OC(CCCCCCCCC(=O)OC(CCCCCC)CCCCCC)CCCCCCCCC(=O)OC(CCCCCC)CCCCCC. The van der Waals surface area contributed by atoms with Crippen molar-refractivity contribution in [2.45, 2.75) is 316 Å². The molecule has 0 atom stereocenters. The number of carbonyl (C=O) groups excluding carboxylic acids is 3. The van der Waals surface area contributed by atoms with Gasteiger partial charge in [0.2, 0.25) is 0 Å². The summed E-state index contributed by atoms with van der Waals surface area (Å²) in [7, 11) is 4.18. The maximum absolute atomic E-state index is 13.8. The van der Waals surface area contributed by atoms with Crippen molar-refractivity contribution >= 4 is 18.0 Å². The molecule has 67 heavy (non-hydrogen) atoms. The quantitative estimate of drug-likeness (QED) is 0.0260. The molecule has 0 aromatic carbocycles. The van der Waals surface area contributed by atoms with Crippen LogP contribution in [0.5, 0.6) is 0 Å². The zero-order valence-electron chi connectivity index (χ0n) is 45.8. The first-order chi connectivity index (χ1) is 32.7. The predicted octanol–water partition coefficient (Wildman–Crippen LogP) is 17.8. The zero-order valence-corrected chi connectivity index (χ0v) is 45.8. The van der Waals surface area contributed by atoms with Crippen LogP contribution in [0.4, 0.5) is 4.79 Å². The highest BCUT2D eigenvalue weighted by Crippen LogP contribution is 2.22. The Morgan fingerprint density at radius 3 is 1.09 bits per heavy atom. The van der Waals surface area contributed by atoms with E-state index in [4.69, 9.17) is 14.2 Å². The van der Waals surface area contributed by atoms with Crippen molar-refractivity contribution in [3.63, 3.8) is 0 Å². The summed E-state index contributed by atoms with van der Waals surface area (Å²) in [5.74, 6) is -0.00976. The van der Waals surface area contributed by atoms with E-state index in [2.05, 4.69) is 65.8 Å². The molecule has 8 nitrogen and oxygen atoms in total. The van der Waals surface area contributed by atoms with Crippen molar-refractivity contribution in [2.24, 2.45) is 0 Å². The van der Waals surface area contributed by atoms with E-state index < -0.39 is 0 Å². The lowest BCUT2D eigenvalue weighted by molar-refractivity contribution is -0.151. The van der Waals surface area contributed by atoms with E-state index in [0.29, 0.717) is 12.8 Å². The molecule has 0 rings (SSSR count). The van der Waals surface area contributed by atoms with Crippen molar-refractivity contribution in [2.75, 3.05) is 33.7 Å². The molecule has 0 bridgehead atoms. The molecule has 0 saturated carbocycles. The molecule has 0 heterocycles. The van der Waals surface area contributed by atoms with Crippen molar-refractivity contribution in [3.05, 3.63) is 12.2 Å². The molecule has 0 radical (unpaired) electrons. The molecule has 0 unspecified atom stereocenters. The van der Waals surface area contributed by atoms with E-state index >= 15 is 0 Å². The number of esters is 2. The molecular weight excluding hydrogens is 833 g/mol. The van der Waals surface area contributed by atoms with Crippen LogP contribution < -0.4 is 0 Å². The van der Waals surface area contributed by atoms with Crippen LogP contribution >= 0.6 is 0 Å². The second-order valence-electron chi connectivity index (χ2n) is 20.5. The van der Waals surface area contributed by atoms with Crippen molar-refractivity contribution in [3.8, 4) is 0 Å². The molecule has 396 valence electrons. The molecule has 0 aliphatic rings. The number of ether oxygens (including phenoxy) is 3. The lowest BCUT2D eigenvalue weighted by Crippen LogP contribution is -2.37. The van der Waals surface area contributed by atoms with Crippen LogP contribution in [0.3, 0.4) is 0 Å². The highest BCUT2D eigenvalue weighted by molar-refractivity contribution is 5.70. The molecule has 0 aromatic rings. The van der Waals surface area contributed by atoms with Crippen LogP contribution in [0.2, 0.25) is 0 Å². The summed E-state index contributed by atoms with van der Waals surface area (Å²) in [6.07, 6.45) is 48.8. The molecule has 8 heteroatoms. The summed E-state index contributed by atoms with van der Waals surface area (Å²) in [5.41, 5.74) is 0. The van der Waals surface area contributed by atoms with Gasteiger partial charge in [0, 0.05) is 25.9 Å². The maximum Gasteiger partial charge on any atom is 0.410 e. The van der Waals surface area contributed by atoms with E-state index in [1.807, 2.05) is 4.90 Å². The number of hydrogen-bond donors (Lipinski definition) is 0. The molecule has 0 aliphatic heterocycles. The normalized spacial score (nSPS) is 11.8. The first-order valence-electron chi connectivity index (χ1n) is 29.3. The number of unbranched alkanes of at least 4 members (excludes halogenated alkanes) is 24. The molecule has 0 aliphatic carbocycles. The summed E-state index contributed by atoms with van der Waals surface area (Å²) in [5, 5.41) is 0. The third-order valence-electron chi connectivity index (χ3n) is 13.4. The van der Waals surface area contributed by atoms with Crippen LogP contribution in [0, 0.1) is 0 Å². The van der Waals surface area contributed by atoms with Crippen LogP contribution in [0.25, 0.3) is 0 Å². The van der Waals surface area contributed by atoms with Gasteiger partial charge < -0.3 is 24.0 Å². The zero-order chi connectivity index (χ0) is 49.3. The van der Waals surface area contributed by atoms with E-state index in [1.165, 1.54) is 77.0 Å². The Bertz CT molecular complexity index is 1030. The monoisotopic (exact) mass is 947 g/mol. The van der Waals surface area contributed by atoms with E-state index in [1.54, 1.807) is 0 Å². The average Bonchev–Trinajstić information content (AvgIpc) is 3.31. The lowest BCUT2D eigenvalue weighted by atomic mass is 10.0. The molecule has 0 fully saturated rings. The van der Waals surface area contributed by atoms with E-state index in [-0.39, 0.29) is 36.3 Å². The Kier molecular flexibility index (Phi) is 48.7. The summed E-state index contributed by atoms with van der Waals surface area (Å²) >= 11 is 0. The Morgan fingerprint density at radius 1 is 0.373 bits per heavy atom. The standard InChI is InChI=1S/C59H114N2O6/c1-8-13-18-23-32-41-52-61(53-42-51-60(6)7)59(64)67-56(47-37-28-24-26-30-39-49-57(62)65-54(43-33-19-14-9-2)44-34-20-15-10-3)48-38-29-25-27-31-40-50-58(63)66-55(45-35-21-16-11-4)46-36-22-17-12-5/h13,18,54-56H,8-12,14-17,19-53H2,1-7H3/b18-13-. The van der Waals surface area contributed by atoms with Crippen LogP contribution in [0.1, 0.15) is 298 Å². The number of rotatable bonds is 51. The van der Waals surface area contributed by atoms with Gasteiger partial charge in [0.15, 0.2) is 0 Å². The van der Waals surface area contributed by atoms with E-state index in [9.17, 15) is 14.4 Å². The van der Waals surface area contributed by atoms with Crippen molar-refractivity contribution < 1.29 is 28.6 Å². The second-order valence-corrected chi connectivity index (χ2v) is 20.5. The molecule has 0 aromatic heterocycles. The number of amides is 1.